The van der Waals surface area contributed by atoms with Gasteiger partial charge >= 0.3 is 5.97 Å². The number of esters is 1. The van der Waals surface area contributed by atoms with Crippen molar-refractivity contribution in [2.24, 2.45) is 0 Å². The summed E-state index contributed by atoms with van der Waals surface area (Å²) in [5, 5.41) is 9.84. The zero-order valence-corrected chi connectivity index (χ0v) is 15.2. The molecule has 1 aliphatic rings. The van der Waals surface area contributed by atoms with E-state index in [1.807, 2.05) is 37.4 Å². The second-order valence-corrected chi connectivity index (χ2v) is 5.58. The molecule has 0 saturated carbocycles. The van der Waals surface area contributed by atoms with Gasteiger partial charge in [0, 0.05) is 6.42 Å². The van der Waals surface area contributed by atoms with Crippen molar-refractivity contribution in [1.29, 1.82) is 0 Å². The lowest BCUT2D eigenvalue weighted by molar-refractivity contribution is -0.131. The summed E-state index contributed by atoms with van der Waals surface area (Å²) >= 11 is 1.48. The Kier molecular flexibility index (Phi) is 7.16. The summed E-state index contributed by atoms with van der Waals surface area (Å²) in [6, 6.07) is 3.76. The Morgan fingerprint density at radius 1 is 1.24 bits per heavy atom. The molecule has 0 radical (unpaired) electrons. The van der Waals surface area contributed by atoms with Gasteiger partial charge in [-0.05, 0) is 23.9 Å². The summed E-state index contributed by atoms with van der Waals surface area (Å²) in [6.45, 7) is 4.00. The highest BCUT2D eigenvalue weighted by molar-refractivity contribution is 7.13. The fourth-order valence-electron chi connectivity index (χ4n) is 1.94. The van der Waals surface area contributed by atoms with Crippen LogP contribution in [-0.4, -0.2) is 23.3 Å². The number of hydrogen-bond acceptors (Lipinski definition) is 7. The Morgan fingerprint density at radius 3 is 2.76 bits per heavy atom. The molecule has 6 nitrogen and oxygen atoms in total. The molecule has 7 heteroatoms. The van der Waals surface area contributed by atoms with Crippen LogP contribution in [0.5, 0.6) is 0 Å². The Balaban J connectivity index is 0.00000109. The fourth-order valence-corrected chi connectivity index (χ4v) is 2.58. The Hall–Kier alpha value is -2.67. The number of nitrogens with zero attached hydrogens (tertiary/aromatic N) is 2. The maximum absolute atomic E-state index is 12.2. The van der Waals surface area contributed by atoms with Crippen LogP contribution in [0.1, 0.15) is 32.6 Å². The third-order valence-corrected chi connectivity index (χ3v) is 3.98. The van der Waals surface area contributed by atoms with E-state index >= 15 is 0 Å². The smallest absolute Gasteiger partial charge is 0.348 e. The molecular weight excluding hydrogens is 340 g/mol. The minimum Gasteiger partial charge on any atom is -0.498 e. The molecule has 0 bridgehead atoms. The van der Waals surface area contributed by atoms with Crippen molar-refractivity contribution in [3.05, 3.63) is 53.7 Å². The highest BCUT2D eigenvalue weighted by Gasteiger charge is 2.21. The first-order chi connectivity index (χ1) is 12.3. The highest BCUT2D eigenvalue weighted by Crippen LogP contribution is 2.26. The van der Waals surface area contributed by atoms with Crippen LogP contribution in [0.25, 0.3) is 16.3 Å². The van der Waals surface area contributed by atoms with Crippen molar-refractivity contribution in [1.82, 2.24) is 10.2 Å². The number of thiophene rings is 1. The molecule has 0 amide bonds. The summed E-state index contributed by atoms with van der Waals surface area (Å²) in [4.78, 5) is 13.1. The van der Waals surface area contributed by atoms with E-state index in [0.717, 1.165) is 11.3 Å². The normalized spacial score (nSPS) is 20.0. The summed E-state index contributed by atoms with van der Waals surface area (Å²) in [5.74, 6) is 0.510. The van der Waals surface area contributed by atoms with Crippen molar-refractivity contribution in [2.45, 2.75) is 26.7 Å². The first-order valence-corrected chi connectivity index (χ1v) is 8.84. The number of rotatable bonds is 3. The summed E-state index contributed by atoms with van der Waals surface area (Å²) in [7, 11) is 1.54. The molecule has 3 rings (SSSR count). The van der Waals surface area contributed by atoms with E-state index in [-0.39, 0.29) is 11.5 Å². The first kappa shape index (κ1) is 18.7. The van der Waals surface area contributed by atoms with Crippen LogP contribution in [-0.2, 0) is 14.3 Å². The maximum atomic E-state index is 12.2. The van der Waals surface area contributed by atoms with Gasteiger partial charge in [-0.25, -0.2) is 4.79 Å². The monoisotopic (exact) mass is 360 g/mol. The fraction of sp³-hybridized carbons (Fsp3) is 0.278. The van der Waals surface area contributed by atoms with E-state index < -0.39 is 5.97 Å². The summed E-state index contributed by atoms with van der Waals surface area (Å²) < 4.78 is 15.9. The lowest BCUT2D eigenvalue weighted by atomic mass is 10.2. The molecule has 0 spiro atoms. The molecule has 0 N–H and O–H groups in total. The Labute approximate surface area is 150 Å². The van der Waals surface area contributed by atoms with Crippen LogP contribution in [0.3, 0.4) is 0 Å². The Bertz CT molecular complexity index is 773. The van der Waals surface area contributed by atoms with E-state index in [2.05, 4.69) is 10.2 Å². The van der Waals surface area contributed by atoms with E-state index in [1.54, 1.807) is 12.2 Å². The molecule has 0 saturated heterocycles. The SMILES string of the molecule is CC.CO/C1=C\OC(=O)/C(c2nnc(-c3cccs3)o2)=C\C=C\CC1. The molecule has 2 aromatic heterocycles. The quantitative estimate of drug-likeness (QED) is 0.745. The topological polar surface area (TPSA) is 74.5 Å². The largest absolute Gasteiger partial charge is 0.498 e. The Morgan fingerprint density at radius 2 is 2.04 bits per heavy atom. The van der Waals surface area contributed by atoms with E-state index in [4.69, 9.17) is 13.9 Å². The van der Waals surface area contributed by atoms with Gasteiger partial charge in [-0.1, -0.05) is 32.1 Å². The van der Waals surface area contributed by atoms with Crippen LogP contribution < -0.4 is 0 Å². The maximum Gasteiger partial charge on any atom is 0.348 e. The molecule has 1 aliphatic heterocycles. The van der Waals surface area contributed by atoms with Gasteiger partial charge in [0.25, 0.3) is 11.8 Å². The van der Waals surface area contributed by atoms with Crippen LogP contribution in [0, 0.1) is 0 Å². The number of aromatic nitrogens is 2. The molecule has 0 unspecified atom stereocenters. The molecule has 0 atom stereocenters. The second kappa shape index (κ2) is 9.58. The van der Waals surface area contributed by atoms with Crippen molar-refractivity contribution in [2.75, 3.05) is 7.11 Å². The summed E-state index contributed by atoms with van der Waals surface area (Å²) in [6.07, 6.45) is 8.05. The third kappa shape index (κ3) is 4.90. The van der Waals surface area contributed by atoms with Gasteiger partial charge in [0.1, 0.15) is 17.6 Å². The molecule has 0 aromatic carbocycles. The average molecular weight is 360 g/mol. The van der Waals surface area contributed by atoms with Gasteiger partial charge < -0.3 is 13.9 Å². The molecule has 25 heavy (non-hydrogen) atoms. The second-order valence-electron chi connectivity index (χ2n) is 4.63. The number of methoxy groups -OCH3 is 1. The zero-order valence-electron chi connectivity index (χ0n) is 14.4. The van der Waals surface area contributed by atoms with Crippen molar-refractivity contribution in [3.63, 3.8) is 0 Å². The average Bonchev–Trinajstić information content (AvgIpc) is 3.33. The first-order valence-electron chi connectivity index (χ1n) is 7.96. The van der Waals surface area contributed by atoms with Gasteiger partial charge in [0.2, 0.25) is 0 Å². The number of hydrogen-bond donors (Lipinski definition) is 0. The standard InChI is InChI=1S/C16H14N2O4S.C2H6/c1-20-11-6-3-2-4-7-12(16(19)21-10-11)14-17-18-15(22-14)13-8-5-9-23-13;1-2/h2,4-5,7-10H,3,6H2,1H3;1-2H3/b4-2+,11-10-,12-7-;. The van der Waals surface area contributed by atoms with Gasteiger partial charge in [0.15, 0.2) is 0 Å². The molecule has 0 fully saturated rings. The van der Waals surface area contributed by atoms with Crippen LogP contribution in [0.15, 0.2) is 52.2 Å². The zero-order chi connectivity index (χ0) is 18.1. The predicted octanol–water partition coefficient (Wildman–Crippen LogP) is 4.59. The molecular formula is C18H20N2O4S. The van der Waals surface area contributed by atoms with Gasteiger partial charge in [-0.15, -0.1) is 21.5 Å². The van der Waals surface area contributed by atoms with Crippen molar-refractivity contribution in [3.8, 4) is 10.8 Å². The van der Waals surface area contributed by atoms with Crippen molar-refractivity contribution < 1.29 is 18.7 Å². The lowest BCUT2D eigenvalue weighted by Crippen LogP contribution is -2.05. The minimum atomic E-state index is -0.576. The minimum absolute atomic E-state index is 0.121. The molecule has 132 valence electrons. The van der Waals surface area contributed by atoms with Crippen LogP contribution in [0.2, 0.25) is 0 Å². The van der Waals surface area contributed by atoms with Crippen LogP contribution in [0.4, 0.5) is 0 Å². The van der Waals surface area contributed by atoms with Gasteiger partial charge in [0.05, 0.1) is 12.0 Å². The number of allylic oxidation sites excluding steroid dienone is 4. The van der Waals surface area contributed by atoms with E-state index in [0.29, 0.717) is 18.1 Å². The highest BCUT2D eigenvalue weighted by atomic mass is 32.1. The number of carbonyl (C=O) groups is 1. The van der Waals surface area contributed by atoms with Gasteiger partial charge in [-0.3, -0.25) is 0 Å². The third-order valence-electron chi connectivity index (χ3n) is 3.12. The molecule has 3 heterocycles. The van der Waals surface area contributed by atoms with Crippen molar-refractivity contribution >= 4 is 22.9 Å². The lowest BCUT2D eigenvalue weighted by Gasteiger charge is -2.06. The van der Waals surface area contributed by atoms with Crippen LogP contribution >= 0.6 is 11.3 Å². The van der Waals surface area contributed by atoms with E-state index in [1.165, 1.54) is 24.7 Å². The van der Waals surface area contributed by atoms with E-state index in [9.17, 15) is 4.79 Å². The summed E-state index contributed by atoms with van der Waals surface area (Å²) in [5.41, 5.74) is 0.199. The molecule has 0 aliphatic carbocycles. The number of carbonyl (C=O) groups excluding carboxylic acids is 1. The number of cyclic esters (lactones) is 1. The van der Waals surface area contributed by atoms with Gasteiger partial charge in [-0.2, -0.15) is 0 Å². The number of ether oxygens (including phenoxy) is 2. The molecule has 2 aromatic rings. The predicted molar refractivity (Wildman–Crippen MR) is 96.5 cm³/mol.